The zero-order valence-corrected chi connectivity index (χ0v) is 18.1. The van der Waals surface area contributed by atoms with Gasteiger partial charge in [0.2, 0.25) is 5.91 Å². The Morgan fingerprint density at radius 2 is 1.77 bits per heavy atom. The zero-order chi connectivity index (χ0) is 21.1. The van der Waals surface area contributed by atoms with Crippen LogP contribution >= 0.6 is 11.8 Å². The number of aromatic nitrogens is 2. The summed E-state index contributed by atoms with van der Waals surface area (Å²) < 4.78 is 1.56. The minimum absolute atomic E-state index is 0.0480. The van der Waals surface area contributed by atoms with Crippen molar-refractivity contribution in [2.75, 3.05) is 12.3 Å². The second-order valence-electron chi connectivity index (χ2n) is 7.61. The van der Waals surface area contributed by atoms with Crippen molar-refractivity contribution in [1.29, 1.82) is 0 Å². The summed E-state index contributed by atoms with van der Waals surface area (Å²) in [5.74, 6) is 0.356. The van der Waals surface area contributed by atoms with E-state index in [0.717, 1.165) is 24.2 Å². The molecule has 2 aromatic carbocycles. The van der Waals surface area contributed by atoms with Gasteiger partial charge in [-0.1, -0.05) is 66.4 Å². The maximum atomic E-state index is 12.9. The number of hydrogen-bond acceptors (Lipinski definition) is 4. The summed E-state index contributed by atoms with van der Waals surface area (Å²) in [7, 11) is 1.73. The molecular formula is C24H25N3O2S. The molecule has 3 aromatic rings. The van der Waals surface area contributed by atoms with Crippen LogP contribution in [0.2, 0.25) is 0 Å². The van der Waals surface area contributed by atoms with Crippen LogP contribution in [-0.4, -0.2) is 32.7 Å². The van der Waals surface area contributed by atoms with Crippen molar-refractivity contribution in [2.24, 2.45) is 7.05 Å². The molecule has 0 saturated carbocycles. The molecule has 6 heteroatoms. The SMILES string of the molecule is Cc1nc(SCC(=O)N2CCc3ccccc3C2)n(C)c(=O)c1Cc1ccccc1. The standard InChI is InChI=1S/C24H25N3O2S/c1-17-21(14-18-8-4-3-5-9-18)23(29)26(2)24(25-17)30-16-22(28)27-13-12-19-10-6-7-11-20(19)15-27/h3-11H,12-16H2,1-2H3. The van der Waals surface area contributed by atoms with Gasteiger partial charge in [0.1, 0.15) is 0 Å². The van der Waals surface area contributed by atoms with E-state index in [1.54, 1.807) is 11.6 Å². The van der Waals surface area contributed by atoms with Crippen molar-refractivity contribution in [1.82, 2.24) is 14.5 Å². The van der Waals surface area contributed by atoms with Crippen molar-refractivity contribution in [3.63, 3.8) is 0 Å². The highest BCUT2D eigenvalue weighted by Crippen LogP contribution is 2.21. The van der Waals surface area contributed by atoms with Crippen LogP contribution in [0, 0.1) is 6.92 Å². The van der Waals surface area contributed by atoms with E-state index in [1.165, 1.54) is 22.9 Å². The molecule has 0 aliphatic carbocycles. The number of carbonyl (C=O) groups is 1. The Morgan fingerprint density at radius 1 is 1.07 bits per heavy atom. The van der Waals surface area contributed by atoms with E-state index < -0.39 is 0 Å². The fraction of sp³-hybridized carbons (Fsp3) is 0.292. The lowest BCUT2D eigenvalue weighted by Crippen LogP contribution is -2.37. The first kappa shape index (κ1) is 20.4. The number of benzene rings is 2. The topological polar surface area (TPSA) is 55.2 Å². The Hall–Kier alpha value is -2.86. The van der Waals surface area contributed by atoms with Crippen LogP contribution in [0.15, 0.2) is 64.5 Å². The highest BCUT2D eigenvalue weighted by molar-refractivity contribution is 7.99. The lowest BCUT2D eigenvalue weighted by molar-refractivity contribution is -0.129. The Morgan fingerprint density at radius 3 is 2.53 bits per heavy atom. The van der Waals surface area contributed by atoms with Gasteiger partial charge in [-0.25, -0.2) is 4.98 Å². The minimum Gasteiger partial charge on any atom is -0.337 e. The minimum atomic E-state index is -0.0480. The molecule has 5 nitrogen and oxygen atoms in total. The Labute approximate surface area is 180 Å². The highest BCUT2D eigenvalue weighted by Gasteiger charge is 2.21. The van der Waals surface area contributed by atoms with Crippen LogP contribution in [0.5, 0.6) is 0 Å². The van der Waals surface area contributed by atoms with Crippen molar-refractivity contribution in [2.45, 2.75) is 31.5 Å². The monoisotopic (exact) mass is 419 g/mol. The van der Waals surface area contributed by atoms with Crippen molar-refractivity contribution in [3.8, 4) is 0 Å². The number of aryl methyl sites for hydroxylation is 1. The normalized spacial score (nSPS) is 13.2. The summed E-state index contributed by atoms with van der Waals surface area (Å²) in [6.07, 6.45) is 1.44. The zero-order valence-electron chi connectivity index (χ0n) is 17.3. The van der Waals surface area contributed by atoms with Crippen LogP contribution in [0.25, 0.3) is 0 Å². The molecule has 0 fully saturated rings. The fourth-order valence-electron chi connectivity index (χ4n) is 3.79. The summed E-state index contributed by atoms with van der Waals surface area (Å²) in [5, 5.41) is 0.583. The number of rotatable bonds is 5. The lowest BCUT2D eigenvalue weighted by Gasteiger charge is -2.28. The molecule has 0 N–H and O–H groups in total. The summed E-state index contributed by atoms with van der Waals surface area (Å²) in [5.41, 5.74) is 5.00. The van der Waals surface area contributed by atoms with E-state index >= 15 is 0 Å². The molecule has 1 aromatic heterocycles. The Kier molecular flexibility index (Phi) is 6.04. The van der Waals surface area contributed by atoms with Gasteiger partial charge in [-0.05, 0) is 30.0 Å². The first-order chi connectivity index (χ1) is 14.5. The first-order valence-electron chi connectivity index (χ1n) is 10.1. The Bertz CT molecular complexity index is 1130. The number of nitrogens with zero attached hydrogens (tertiary/aromatic N) is 3. The molecule has 0 spiro atoms. The summed E-state index contributed by atoms with van der Waals surface area (Å²) in [4.78, 5) is 32.2. The van der Waals surface area contributed by atoms with E-state index in [1.807, 2.05) is 54.3 Å². The smallest absolute Gasteiger partial charge is 0.257 e. The second-order valence-corrected chi connectivity index (χ2v) is 8.55. The lowest BCUT2D eigenvalue weighted by atomic mass is 10.00. The fourth-order valence-corrected chi connectivity index (χ4v) is 4.70. The van der Waals surface area contributed by atoms with E-state index in [9.17, 15) is 9.59 Å². The predicted octanol–water partition coefficient (Wildman–Crippen LogP) is 3.36. The molecule has 1 aliphatic rings. The third-order valence-electron chi connectivity index (χ3n) is 5.58. The molecule has 2 heterocycles. The van der Waals surface area contributed by atoms with Gasteiger partial charge in [-0.2, -0.15) is 0 Å². The van der Waals surface area contributed by atoms with Crippen LogP contribution in [0.1, 0.15) is 27.9 Å². The van der Waals surface area contributed by atoms with Gasteiger partial charge in [-0.3, -0.25) is 14.2 Å². The average Bonchev–Trinajstić information content (AvgIpc) is 2.78. The van der Waals surface area contributed by atoms with Crippen LogP contribution in [0.4, 0.5) is 0 Å². The predicted molar refractivity (Wildman–Crippen MR) is 120 cm³/mol. The molecule has 154 valence electrons. The van der Waals surface area contributed by atoms with Gasteiger partial charge < -0.3 is 4.90 Å². The molecule has 0 atom stereocenters. The number of hydrogen-bond donors (Lipinski definition) is 0. The number of thioether (sulfide) groups is 1. The molecule has 1 amide bonds. The first-order valence-corrected chi connectivity index (χ1v) is 11.1. The van der Waals surface area contributed by atoms with E-state index in [0.29, 0.717) is 23.7 Å². The van der Waals surface area contributed by atoms with Gasteiger partial charge >= 0.3 is 0 Å². The third-order valence-corrected chi connectivity index (χ3v) is 6.60. The molecule has 4 rings (SSSR count). The maximum Gasteiger partial charge on any atom is 0.257 e. The van der Waals surface area contributed by atoms with Gasteiger partial charge in [-0.15, -0.1) is 0 Å². The molecule has 30 heavy (non-hydrogen) atoms. The molecule has 0 saturated heterocycles. The quantitative estimate of drug-likeness (QED) is 0.470. The van der Waals surface area contributed by atoms with Gasteiger partial charge in [0.15, 0.2) is 5.16 Å². The number of fused-ring (bicyclic) bond motifs is 1. The van der Waals surface area contributed by atoms with Gasteiger partial charge in [0.05, 0.1) is 5.75 Å². The molecular weight excluding hydrogens is 394 g/mol. The van der Waals surface area contributed by atoms with Crippen LogP contribution in [0.3, 0.4) is 0 Å². The van der Waals surface area contributed by atoms with Crippen molar-refractivity contribution in [3.05, 3.63) is 92.9 Å². The van der Waals surface area contributed by atoms with E-state index in [2.05, 4.69) is 17.1 Å². The third kappa shape index (κ3) is 4.33. The van der Waals surface area contributed by atoms with Crippen molar-refractivity contribution < 1.29 is 4.79 Å². The second kappa shape index (κ2) is 8.88. The summed E-state index contributed by atoms with van der Waals surface area (Å²) in [6, 6.07) is 18.2. The number of carbonyl (C=O) groups excluding carboxylic acids is 1. The van der Waals surface area contributed by atoms with Crippen molar-refractivity contribution >= 4 is 17.7 Å². The maximum absolute atomic E-state index is 12.9. The molecule has 0 unspecified atom stereocenters. The van der Waals surface area contributed by atoms with E-state index in [-0.39, 0.29) is 17.2 Å². The van der Waals surface area contributed by atoms with Crippen LogP contribution < -0.4 is 5.56 Å². The largest absolute Gasteiger partial charge is 0.337 e. The molecule has 1 aliphatic heterocycles. The molecule has 0 bridgehead atoms. The van der Waals surface area contributed by atoms with E-state index in [4.69, 9.17) is 0 Å². The summed E-state index contributed by atoms with van der Waals surface area (Å²) in [6.45, 7) is 3.25. The summed E-state index contributed by atoms with van der Waals surface area (Å²) >= 11 is 1.33. The Balaban J connectivity index is 1.45. The average molecular weight is 420 g/mol. The highest BCUT2D eigenvalue weighted by atomic mass is 32.2. The molecule has 0 radical (unpaired) electrons. The number of amides is 1. The van der Waals surface area contributed by atoms with Crippen LogP contribution in [-0.2, 0) is 31.2 Å². The van der Waals surface area contributed by atoms with Gasteiger partial charge in [0.25, 0.3) is 5.56 Å². The van der Waals surface area contributed by atoms with Gasteiger partial charge in [0, 0.05) is 37.8 Å².